The average molecular weight is 305 g/mol. The Kier molecular flexibility index (Phi) is 4.51. The molecule has 6 heteroatoms. The van der Waals surface area contributed by atoms with Crippen molar-refractivity contribution in [2.75, 3.05) is 7.11 Å². The van der Waals surface area contributed by atoms with Crippen LogP contribution < -0.4 is 0 Å². The number of esters is 1. The molecule has 0 bridgehead atoms. The second-order valence-corrected chi connectivity index (χ2v) is 5.38. The minimum Gasteiger partial charge on any atom is -0.445 e. The SMILES string of the molecule is CON(Cc1ccccc1C)C(=O)/C=C1\OC(C)(C)OC1=O. The van der Waals surface area contributed by atoms with Gasteiger partial charge in [-0.3, -0.25) is 9.63 Å². The quantitative estimate of drug-likeness (QED) is 0.484. The van der Waals surface area contributed by atoms with E-state index >= 15 is 0 Å². The molecule has 6 nitrogen and oxygen atoms in total. The van der Waals surface area contributed by atoms with Crippen LogP contribution in [0.4, 0.5) is 0 Å². The van der Waals surface area contributed by atoms with Gasteiger partial charge in [-0.15, -0.1) is 0 Å². The zero-order chi connectivity index (χ0) is 16.3. The summed E-state index contributed by atoms with van der Waals surface area (Å²) >= 11 is 0. The van der Waals surface area contributed by atoms with Crippen LogP contribution in [0.5, 0.6) is 0 Å². The first-order chi connectivity index (χ1) is 10.3. The molecule has 0 aliphatic carbocycles. The second kappa shape index (κ2) is 6.19. The fourth-order valence-electron chi connectivity index (χ4n) is 2.05. The molecule has 118 valence electrons. The van der Waals surface area contributed by atoms with Crippen molar-refractivity contribution in [3.63, 3.8) is 0 Å². The average Bonchev–Trinajstić information content (AvgIpc) is 2.70. The highest BCUT2D eigenvalue weighted by molar-refractivity contribution is 5.97. The summed E-state index contributed by atoms with van der Waals surface area (Å²) in [6.45, 7) is 5.41. The van der Waals surface area contributed by atoms with Gasteiger partial charge in [0.1, 0.15) is 0 Å². The fourth-order valence-corrected chi connectivity index (χ4v) is 2.05. The number of hydroxylamine groups is 2. The lowest BCUT2D eigenvalue weighted by atomic mass is 10.1. The van der Waals surface area contributed by atoms with Gasteiger partial charge in [0.05, 0.1) is 19.7 Å². The van der Waals surface area contributed by atoms with Gasteiger partial charge in [-0.05, 0) is 18.1 Å². The molecule has 1 saturated heterocycles. The maximum absolute atomic E-state index is 12.2. The smallest absolute Gasteiger partial charge is 0.377 e. The molecule has 0 atom stereocenters. The van der Waals surface area contributed by atoms with Crippen molar-refractivity contribution in [1.82, 2.24) is 5.06 Å². The number of carbonyl (C=O) groups excluding carboxylic acids is 2. The zero-order valence-electron chi connectivity index (χ0n) is 13.1. The third-order valence-corrected chi connectivity index (χ3v) is 3.19. The largest absolute Gasteiger partial charge is 0.445 e. The molecular weight excluding hydrogens is 286 g/mol. The third kappa shape index (κ3) is 3.65. The monoisotopic (exact) mass is 305 g/mol. The molecule has 0 unspecified atom stereocenters. The van der Waals surface area contributed by atoms with Crippen LogP contribution in [0, 0.1) is 6.92 Å². The lowest BCUT2D eigenvalue weighted by Gasteiger charge is -2.19. The molecule has 1 aromatic carbocycles. The van der Waals surface area contributed by atoms with Crippen molar-refractivity contribution in [3.05, 3.63) is 47.2 Å². The number of hydrogen-bond acceptors (Lipinski definition) is 5. The lowest BCUT2D eigenvalue weighted by Crippen LogP contribution is -2.28. The van der Waals surface area contributed by atoms with Crippen molar-refractivity contribution in [2.45, 2.75) is 33.1 Å². The van der Waals surface area contributed by atoms with Gasteiger partial charge in [0.25, 0.3) is 5.91 Å². The van der Waals surface area contributed by atoms with Crippen LogP contribution in [0.2, 0.25) is 0 Å². The second-order valence-electron chi connectivity index (χ2n) is 5.38. The summed E-state index contributed by atoms with van der Waals surface area (Å²) in [6.07, 6.45) is 1.08. The summed E-state index contributed by atoms with van der Waals surface area (Å²) in [7, 11) is 1.40. The zero-order valence-corrected chi connectivity index (χ0v) is 13.1. The van der Waals surface area contributed by atoms with Crippen LogP contribution in [-0.4, -0.2) is 29.8 Å². The Hall–Kier alpha value is -2.34. The number of carbonyl (C=O) groups is 2. The van der Waals surface area contributed by atoms with Gasteiger partial charge < -0.3 is 9.47 Å². The number of cyclic esters (lactones) is 1. The van der Waals surface area contributed by atoms with E-state index in [1.807, 2.05) is 31.2 Å². The minimum absolute atomic E-state index is 0.123. The Morgan fingerprint density at radius 1 is 1.32 bits per heavy atom. The van der Waals surface area contributed by atoms with Gasteiger partial charge in [-0.25, -0.2) is 9.86 Å². The molecule has 0 aromatic heterocycles. The molecule has 0 spiro atoms. The molecule has 0 radical (unpaired) electrons. The number of hydrogen-bond donors (Lipinski definition) is 0. The van der Waals surface area contributed by atoms with E-state index in [2.05, 4.69) is 0 Å². The summed E-state index contributed by atoms with van der Waals surface area (Å²) in [5, 5.41) is 1.15. The highest BCUT2D eigenvalue weighted by atomic mass is 16.8. The van der Waals surface area contributed by atoms with Gasteiger partial charge >= 0.3 is 5.97 Å². The molecule has 0 N–H and O–H groups in total. The Bertz CT molecular complexity index is 621. The van der Waals surface area contributed by atoms with E-state index in [1.165, 1.54) is 7.11 Å². The molecule has 2 rings (SSSR count). The fraction of sp³-hybridized carbons (Fsp3) is 0.375. The van der Waals surface area contributed by atoms with Gasteiger partial charge in [0.15, 0.2) is 0 Å². The molecule has 1 aliphatic rings. The number of amides is 1. The molecule has 1 aromatic rings. The van der Waals surface area contributed by atoms with Crippen LogP contribution in [0.3, 0.4) is 0 Å². The minimum atomic E-state index is -1.06. The first-order valence-electron chi connectivity index (χ1n) is 6.86. The maximum atomic E-state index is 12.2. The van der Waals surface area contributed by atoms with Crippen molar-refractivity contribution in [2.24, 2.45) is 0 Å². The topological polar surface area (TPSA) is 65.1 Å². The van der Waals surface area contributed by atoms with E-state index in [-0.39, 0.29) is 12.3 Å². The van der Waals surface area contributed by atoms with E-state index in [4.69, 9.17) is 14.3 Å². The van der Waals surface area contributed by atoms with Crippen molar-refractivity contribution in [3.8, 4) is 0 Å². The standard InChI is InChI=1S/C16H19NO5/c1-11-7-5-6-8-12(11)10-17(20-4)14(18)9-13-15(19)22-16(2,3)21-13/h5-9H,10H2,1-4H3/b13-9-. The van der Waals surface area contributed by atoms with Crippen LogP contribution >= 0.6 is 0 Å². The van der Waals surface area contributed by atoms with E-state index in [0.717, 1.165) is 22.3 Å². The highest BCUT2D eigenvalue weighted by Crippen LogP contribution is 2.26. The number of benzene rings is 1. The van der Waals surface area contributed by atoms with Crippen molar-refractivity contribution >= 4 is 11.9 Å². The van der Waals surface area contributed by atoms with E-state index in [0.29, 0.717) is 0 Å². The van der Waals surface area contributed by atoms with Crippen LogP contribution in [0.15, 0.2) is 36.1 Å². The van der Waals surface area contributed by atoms with Crippen LogP contribution in [-0.2, 0) is 30.4 Å². The molecule has 0 saturated carbocycles. The van der Waals surface area contributed by atoms with E-state index in [9.17, 15) is 9.59 Å². The Morgan fingerprint density at radius 3 is 2.55 bits per heavy atom. The summed E-state index contributed by atoms with van der Waals surface area (Å²) in [4.78, 5) is 29.0. The summed E-state index contributed by atoms with van der Waals surface area (Å²) in [6, 6.07) is 7.67. The summed E-state index contributed by atoms with van der Waals surface area (Å²) in [5.74, 6) is -2.33. The Balaban J connectivity index is 2.13. The molecule has 1 amide bonds. The Labute approximate surface area is 129 Å². The molecule has 22 heavy (non-hydrogen) atoms. The van der Waals surface area contributed by atoms with Gasteiger partial charge in [0.2, 0.25) is 11.5 Å². The number of ether oxygens (including phenoxy) is 2. The van der Waals surface area contributed by atoms with E-state index in [1.54, 1.807) is 13.8 Å². The van der Waals surface area contributed by atoms with Gasteiger partial charge in [0, 0.05) is 13.8 Å². The molecule has 1 fully saturated rings. The summed E-state index contributed by atoms with van der Waals surface area (Å²) < 4.78 is 10.3. The molecule has 1 heterocycles. The highest BCUT2D eigenvalue weighted by Gasteiger charge is 2.38. The first kappa shape index (κ1) is 16.0. The third-order valence-electron chi connectivity index (χ3n) is 3.19. The Morgan fingerprint density at radius 2 is 2.00 bits per heavy atom. The van der Waals surface area contributed by atoms with E-state index < -0.39 is 17.7 Å². The molecule has 1 aliphatic heterocycles. The maximum Gasteiger partial charge on any atom is 0.377 e. The molecular formula is C16H19NO5. The predicted molar refractivity (Wildman–Crippen MR) is 78.1 cm³/mol. The first-order valence-corrected chi connectivity index (χ1v) is 6.86. The number of rotatable bonds is 4. The normalized spacial score (nSPS) is 18.0. The van der Waals surface area contributed by atoms with Gasteiger partial charge in [-0.1, -0.05) is 24.3 Å². The summed E-state index contributed by atoms with van der Waals surface area (Å²) in [5.41, 5.74) is 1.99. The van der Waals surface area contributed by atoms with Crippen LogP contribution in [0.25, 0.3) is 0 Å². The number of aryl methyl sites for hydroxylation is 1. The van der Waals surface area contributed by atoms with Crippen molar-refractivity contribution in [1.29, 1.82) is 0 Å². The van der Waals surface area contributed by atoms with Gasteiger partial charge in [-0.2, -0.15) is 0 Å². The van der Waals surface area contributed by atoms with Crippen molar-refractivity contribution < 1.29 is 23.9 Å². The number of nitrogens with zero attached hydrogens (tertiary/aromatic N) is 1. The van der Waals surface area contributed by atoms with Crippen LogP contribution in [0.1, 0.15) is 25.0 Å². The predicted octanol–water partition coefficient (Wildman–Crippen LogP) is 2.08. The lowest BCUT2D eigenvalue weighted by molar-refractivity contribution is -0.173.